The van der Waals surface area contributed by atoms with Crippen molar-refractivity contribution in [2.45, 2.75) is 70.6 Å². The monoisotopic (exact) mass is 520 g/mol. The highest BCUT2D eigenvalue weighted by molar-refractivity contribution is 5.87. The Labute approximate surface area is 227 Å². The lowest BCUT2D eigenvalue weighted by Crippen LogP contribution is -2.57. The quantitative estimate of drug-likeness (QED) is 0.495. The Kier molecular flexibility index (Phi) is 10.2. The number of likely N-dealkylation sites (tertiary alicyclic amines) is 1. The zero-order chi connectivity index (χ0) is 26.9. The third-order valence-corrected chi connectivity index (χ3v) is 8.34. The highest BCUT2D eigenvalue weighted by Gasteiger charge is 2.37. The normalized spacial score (nSPS) is 23.7. The number of amides is 2. The summed E-state index contributed by atoms with van der Waals surface area (Å²) < 4.78 is 5.46. The molecule has 7 nitrogen and oxygen atoms in total. The van der Waals surface area contributed by atoms with E-state index in [1.807, 2.05) is 18.2 Å². The van der Waals surface area contributed by atoms with Crippen molar-refractivity contribution in [2.75, 3.05) is 26.7 Å². The number of nitrogens with two attached hydrogens (primary N) is 1. The molecule has 2 fully saturated rings. The Hall–Kier alpha value is -2.90. The third-order valence-electron chi connectivity index (χ3n) is 8.34. The van der Waals surface area contributed by atoms with Gasteiger partial charge in [0.25, 0.3) is 0 Å². The predicted molar refractivity (Wildman–Crippen MR) is 150 cm³/mol. The number of benzene rings is 2. The lowest BCUT2D eigenvalue weighted by Gasteiger charge is -2.43. The maximum Gasteiger partial charge on any atom is 0.242 e. The van der Waals surface area contributed by atoms with Gasteiger partial charge < -0.3 is 20.7 Å². The van der Waals surface area contributed by atoms with Gasteiger partial charge in [-0.15, -0.1) is 0 Å². The summed E-state index contributed by atoms with van der Waals surface area (Å²) in [4.78, 5) is 30.3. The first-order chi connectivity index (χ1) is 18.5. The topological polar surface area (TPSA) is 87.9 Å². The lowest BCUT2D eigenvalue weighted by atomic mass is 9.81. The number of methoxy groups -OCH3 is 1. The molecule has 0 radical (unpaired) electrons. The largest absolute Gasteiger partial charge is 0.497 e. The molecule has 1 saturated heterocycles. The van der Waals surface area contributed by atoms with E-state index in [0.29, 0.717) is 31.3 Å². The van der Waals surface area contributed by atoms with Gasteiger partial charge in [-0.3, -0.25) is 14.5 Å². The first kappa shape index (κ1) is 28.1. The molecule has 38 heavy (non-hydrogen) atoms. The molecule has 7 heteroatoms. The maximum absolute atomic E-state index is 13.5. The Balaban J connectivity index is 1.48. The smallest absolute Gasteiger partial charge is 0.242 e. The van der Waals surface area contributed by atoms with Crippen LogP contribution in [0.15, 0.2) is 54.6 Å². The van der Waals surface area contributed by atoms with Crippen molar-refractivity contribution in [1.82, 2.24) is 15.1 Å². The highest BCUT2D eigenvalue weighted by atomic mass is 16.5. The molecule has 4 atom stereocenters. The van der Waals surface area contributed by atoms with Gasteiger partial charge in [-0.1, -0.05) is 48.9 Å². The van der Waals surface area contributed by atoms with Crippen LogP contribution >= 0.6 is 0 Å². The number of ether oxygens (including phenoxy) is 1. The van der Waals surface area contributed by atoms with Gasteiger partial charge in [0.05, 0.1) is 7.11 Å². The Morgan fingerprint density at radius 3 is 2.47 bits per heavy atom. The van der Waals surface area contributed by atoms with Gasteiger partial charge >= 0.3 is 0 Å². The molecular weight excluding hydrogens is 476 g/mol. The van der Waals surface area contributed by atoms with Crippen molar-refractivity contribution < 1.29 is 14.3 Å². The summed E-state index contributed by atoms with van der Waals surface area (Å²) in [5, 5.41) is 3.22. The number of rotatable bonds is 10. The molecule has 0 aromatic heterocycles. The number of carbonyl (C=O) groups is 2. The molecule has 2 aromatic carbocycles. The first-order valence-electron chi connectivity index (χ1n) is 14.1. The van der Waals surface area contributed by atoms with Crippen molar-refractivity contribution in [2.24, 2.45) is 17.6 Å². The van der Waals surface area contributed by atoms with E-state index in [-0.39, 0.29) is 17.9 Å². The fraction of sp³-hybridized carbons (Fsp3) is 0.548. The molecule has 0 bridgehead atoms. The molecule has 2 aromatic rings. The average Bonchev–Trinajstić information content (AvgIpc) is 2.96. The molecule has 206 valence electrons. The fourth-order valence-electron chi connectivity index (χ4n) is 6.21. The van der Waals surface area contributed by atoms with Crippen molar-refractivity contribution in [3.8, 4) is 5.75 Å². The van der Waals surface area contributed by atoms with Crippen LogP contribution in [0, 0.1) is 11.8 Å². The van der Waals surface area contributed by atoms with Gasteiger partial charge in [0.2, 0.25) is 11.8 Å². The Morgan fingerprint density at radius 2 is 1.74 bits per heavy atom. The standard InChI is InChI=1S/C31H44N4O3/c1-23(36)35-15-14-28(18-30(35)31(37)33-20-26-11-6-10-25(16-26)19-32)34(21-24-8-4-3-5-9-24)22-27-12-7-13-29(17-27)38-2/h3-5,7-9,12-13,17,25-26,28,30H,6,10-11,14-16,18-22,32H2,1-2H3,(H,33,37)/t25?,26?,28?,30-/m1/s1. The van der Waals surface area contributed by atoms with Gasteiger partial charge in [-0.05, 0) is 73.7 Å². The fourth-order valence-corrected chi connectivity index (χ4v) is 6.21. The summed E-state index contributed by atoms with van der Waals surface area (Å²) in [7, 11) is 1.69. The second kappa shape index (κ2) is 13.8. The molecule has 4 rings (SSSR count). The number of nitrogens with zero attached hydrogens (tertiary/aromatic N) is 2. The molecule has 3 N–H and O–H groups in total. The number of carbonyl (C=O) groups excluding carboxylic acids is 2. The lowest BCUT2D eigenvalue weighted by molar-refractivity contribution is -0.142. The molecule has 2 amide bonds. The van der Waals surface area contributed by atoms with Crippen molar-refractivity contribution in [3.63, 3.8) is 0 Å². The van der Waals surface area contributed by atoms with Crippen LogP contribution in [0.4, 0.5) is 0 Å². The third kappa shape index (κ3) is 7.58. The van der Waals surface area contributed by atoms with E-state index in [1.54, 1.807) is 18.9 Å². The van der Waals surface area contributed by atoms with E-state index < -0.39 is 6.04 Å². The maximum atomic E-state index is 13.5. The van der Waals surface area contributed by atoms with Crippen molar-refractivity contribution in [1.29, 1.82) is 0 Å². The Bertz CT molecular complexity index is 1050. The van der Waals surface area contributed by atoms with E-state index in [1.165, 1.54) is 24.0 Å². The van der Waals surface area contributed by atoms with Crippen molar-refractivity contribution >= 4 is 11.8 Å². The van der Waals surface area contributed by atoms with E-state index in [9.17, 15) is 9.59 Å². The van der Waals surface area contributed by atoms with Crippen LogP contribution in [0.3, 0.4) is 0 Å². The molecule has 3 unspecified atom stereocenters. The van der Waals surface area contributed by atoms with E-state index in [4.69, 9.17) is 10.5 Å². The molecule has 1 aliphatic carbocycles. The summed E-state index contributed by atoms with van der Waals surface area (Å²) in [5.74, 6) is 1.80. The van der Waals surface area contributed by atoms with E-state index >= 15 is 0 Å². The average molecular weight is 521 g/mol. The summed E-state index contributed by atoms with van der Waals surface area (Å²) in [6.07, 6.45) is 6.02. The number of nitrogens with one attached hydrogen (secondary N) is 1. The van der Waals surface area contributed by atoms with Crippen LogP contribution in [0.2, 0.25) is 0 Å². The molecule has 1 aliphatic heterocycles. The van der Waals surface area contributed by atoms with Crippen LogP contribution in [0.25, 0.3) is 0 Å². The van der Waals surface area contributed by atoms with Crippen LogP contribution in [-0.2, 0) is 22.7 Å². The minimum atomic E-state index is -0.455. The number of piperidine rings is 1. The van der Waals surface area contributed by atoms with Gasteiger partial charge in [-0.25, -0.2) is 0 Å². The summed E-state index contributed by atoms with van der Waals surface area (Å²) in [6, 6.07) is 18.3. The zero-order valence-corrected chi connectivity index (χ0v) is 23.0. The minimum Gasteiger partial charge on any atom is -0.497 e. The minimum absolute atomic E-state index is 0.0270. The Morgan fingerprint density at radius 1 is 1.00 bits per heavy atom. The van der Waals surface area contributed by atoms with Crippen LogP contribution in [-0.4, -0.2) is 60.4 Å². The predicted octanol–water partition coefficient (Wildman–Crippen LogP) is 3.96. The van der Waals surface area contributed by atoms with Gasteiger partial charge in [-0.2, -0.15) is 0 Å². The second-order valence-corrected chi connectivity index (χ2v) is 11.0. The molecule has 1 saturated carbocycles. The first-order valence-corrected chi connectivity index (χ1v) is 14.1. The number of hydrogen-bond acceptors (Lipinski definition) is 5. The molecule has 1 heterocycles. The SMILES string of the molecule is COc1cccc(CN(Cc2ccccc2)C2CCN(C(C)=O)[C@@H](C(=O)NCC3CCCC(CN)C3)C2)c1. The van der Waals surface area contributed by atoms with Gasteiger partial charge in [0.15, 0.2) is 0 Å². The molecule has 2 aliphatic rings. The van der Waals surface area contributed by atoms with Crippen LogP contribution in [0.1, 0.15) is 56.6 Å². The highest BCUT2D eigenvalue weighted by Crippen LogP contribution is 2.29. The van der Waals surface area contributed by atoms with E-state index in [0.717, 1.165) is 44.6 Å². The summed E-state index contributed by atoms with van der Waals surface area (Å²) in [6.45, 7) is 5.07. The van der Waals surface area contributed by atoms with Gasteiger partial charge in [0, 0.05) is 39.1 Å². The molecule has 0 spiro atoms. The van der Waals surface area contributed by atoms with Crippen LogP contribution in [0.5, 0.6) is 5.75 Å². The second-order valence-electron chi connectivity index (χ2n) is 11.0. The zero-order valence-electron chi connectivity index (χ0n) is 23.0. The summed E-state index contributed by atoms with van der Waals surface area (Å²) >= 11 is 0. The molecular formula is C31H44N4O3. The number of hydrogen-bond donors (Lipinski definition) is 2. The van der Waals surface area contributed by atoms with Crippen molar-refractivity contribution in [3.05, 3.63) is 65.7 Å². The van der Waals surface area contributed by atoms with Gasteiger partial charge in [0.1, 0.15) is 11.8 Å². The van der Waals surface area contributed by atoms with Crippen LogP contribution < -0.4 is 15.8 Å². The summed E-state index contributed by atoms with van der Waals surface area (Å²) in [5.41, 5.74) is 8.32. The van der Waals surface area contributed by atoms with E-state index in [2.05, 4.69) is 46.6 Å².